The molecule has 1 aliphatic rings. The number of nitrogens with one attached hydrogen (secondary N) is 1. The van der Waals surface area contributed by atoms with Gasteiger partial charge in [-0.15, -0.1) is 0 Å². The van der Waals surface area contributed by atoms with Crippen molar-refractivity contribution in [1.82, 2.24) is 24.6 Å². The van der Waals surface area contributed by atoms with Crippen molar-refractivity contribution >= 4 is 41.4 Å². The fourth-order valence-electron chi connectivity index (χ4n) is 3.46. The number of hydrogen-bond acceptors (Lipinski definition) is 9. The molecule has 3 aromatic rings. The van der Waals surface area contributed by atoms with Gasteiger partial charge in [0.05, 0.1) is 24.5 Å². The van der Waals surface area contributed by atoms with Crippen LogP contribution in [0, 0.1) is 0 Å². The zero-order valence-corrected chi connectivity index (χ0v) is 21.1. The minimum Gasteiger partial charge on any atom is -0.431 e. The SMILES string of the molecule is CC(Cn1cnc2c(N)ncnc21)OCP(=O)(NC1(C(=O)SC(C)C)CC1)Oc1ccccc1. The average Bonchev–Trinajstić information content (AvgIpc) is 3.45. The summed E-state index contributed by atoms with van der Waals surface area (Å²) in [6.07, 6.45) is 3.69. The summed E-state index contributed by atoms with van der Waals surface area (Å²) >= 11 is 1.25. The number of nitrogens with two attached hydrogens (primary N) is 1. The molecule has 0 radical (unpaired) electrons. The molecule has 2 atom stereocenters. The Labute approximate surface area is 202 Å². The van der Waals surface area contributed by atoms with Crippen molar-refractivity contribution in [1.29, 1.82) is 0 Å². The lowest BCUT2D eigenvalue weighted by Gasteiger charge is -2.26. The Morgan fingerprint density at radius 1 is 1.24 bits per heavy atom. The van der Waals surface area contributed by atoms with E-state index in [4.69, 9.17) is 15.0 Å². The van der Waals surface area contributed by atoms with Gasteiger partial charge in [-0.25, -0.2) is 20.0 Å². The molecule has 0 bridgehead atoms. The number of carbonyl (C=O) groups excluding carboxylic acids is 1. The molecular weight excluding hydrogens is 475 g/mol. The number of thioether (sulfide) groups is 1. The number of anilines is 1. The highest BCUT2D eigenvalue weighted by Gasteiger charge is 2.54. The van der Waals surface area contributed by atoms with Crippen molar-refractivity contribution in [2.24, 2.45) is 0 Å². The third kappa shape index (κ3) is 5.78. The molecule has 0 saturated heterocycles. The molecule has 4 rings (SSSR count). The minimum atomic E-state index is -3.57. The molecule has 2 aromatic heterocycles. The van der Waals surface area contributed by atoms with Crippen LogP contribution in [-0.2, 0) is 20.6 Å². The number of nitrogens with zero attached hydrogens (tertiary/aromatic N) is 4. The second-order valence-electron chi connectivity index (χ2n) is 8.66. The maximum absolute atomic E-state index is 13.9. The molecule has 1 saturated carbocycles. The van der Waals surface area contributed by atoms with E-state index in [2.05, 4.69) is 20.0 Å². The first kappa shape index (κ1) is 24.7. The van der Waals surface area contributed by atoms with Crippen LogP contribution in [0.2, 0.25) is 0 Å². The van der Waals surface area contributed by atoms with Crippen LogP contribution in [0.4, 0.5) is 5.82 Å². The Morgan fingerprint density at radius 3 is 2.65 bits per heavy atom. The topological polar surface area (TPSA) is 134 Å². The van der Waals surface area contributed by atoms with E-state index in [1.807, 2.05) is 26.8 Å². The van der Waals surface area contributed by atoms with E-state index in [1.165, 1.54) is 18.1 Å². The van der Waals surface area contributed by atoms with Gasteiger partial charge in [0.15, 0.2) is 11.5 Å². The van der Waals surface area contributed by atoms with Gasteiger partial charge in [0.2, 0.25) is 5.12 Å². The van der Waals surface area contributed by atoms with Gasteiger partial charge in [-0.1, -0.05) is 43.8 Å². The standard InChI is InChI=1S/C22H29N6O4PS/c1-15(2)34-21(29)22(9-10-22)27-33(30,32-17-7-5-4-6-8-17)14-31-16(3)11-28-13-26-18-19(23)24-12-25-20(18)28/h4-8,12-13,15-16H,9-11,14H2,1-3H3,(H,27,30)(H2,23,24,25). The summed E-state index contributed by atoms with van der Waals surface area (Å²) < 4.78 is 27.6. The van der Waals surface area contributed by atoms with Gasteiger partial charge in [-0.3, -0.25) is 9.36 Å². The third-order valence-corrected chi connectivity index (χ3v) is 8.12. The number of para-hydroxylation sites is 1. The Morgan fingerprint density at radius 2 is 1.97 bits per heavy atom. The highest BCUT2D eigenvalue weighted by Crippen LogP contribution is 2.52. The van der Waals surface area contributed by atoms with Gasteiger partial charge < -0.3 is 19.6 Å². The number of aromatic nitrogens is 4. The molecule has 0 aliphatic heterocycles. The average molecular weight is 505 g/mol. The van der Waals surface area contributed by atoms with E-state index >= 15 is 0 Å². The smallest absolute Gasteiger partial charge is 0.342 e. The summed E-state index contributed by atoms with van der Waals surface area (Å²) in [6, 6.07) is 8.90. The van der Waals surface area contributed by atoms with Crippen LogP contribution < -0.4 is 15.3 Å². The van der Waals surface area contributed by atoms with Crippen LogP contribution in [0.15, 0.2) is 43.0 Å². The molecule has 34 heavy (non-hydrogen) atoms. The first-order valence-electron chi connectivity index (χ1n) is 11.1. The monoisotopic (exact) mass is 504 g/mol. The Kier molecular flexibility index (Phi) is 7.28. The minimum absolute atomic E-state index is 0.0189. The molecule has 10 nitrogen and oxygen atoms in total. The molecular formula is C22H29N6O4PS. The number of benzene rings is 1. The van der Waals surface area contributed by atoms with Crippen molar-refractivity contribution in [2.45, 2.75) is 57.1 Å². The van der Waals surface area contributed by atoms with Crippen LogP contribution in [0.5, 0.6) is 5.75 Å². The van der Waals surface area contributed by atoms with E-state index < -0.39 is 13.1 Å². The molecule has 182 valence electrons. The van der Waals surface area contributed by atoms with Gasteiger partial charge in [0.1, 0.15) is 23.9 Å². The summed E-state index contributed by atoms with van der Waals surface area (Å²) in [5.41, 5.74) is 6.13. The summed E-state index contributed by atoms with van der Waals surface area (Å²) in [7, 11) is -3.57. The predicted octanol–water partition coefficient (Wildman–Crippen LogP) is 3.83. The highest BCUT2D eigenvalue weighted by atomic mass is 32.2. The lowest BCUT2D eigenvalue weighted by molar-refractivity contribution is -0.113. The predicted molar refractivity (Wildman–Crippen MR) is 133 cm³/mol. The largest absolute Gasteiger partial charge is 0.431 e. The van der Waals surface area contributed by atoms with Crippen LogP contribution in [0.3, 0.4) is 0 Å². The van der Waals surface area contributed by atoms with Crippen LogP contribution >= 0.6 is 19.3 Å². The molecule has 1 aromatic carbocycles. The first-order chi connectivity index (χ1) is 16.2. The van der Waals surface area contributed by atoms with E-state index in [9.17, 15) is 9.36 Å². The lowest BCUT2D eigenvalue weighted by Crippen LogP contribution is -2.38. The summed E-state index contributed by atoms with van der Waals surface area (Å²) in [5.74, 6) is 0.753. The van der Waals surface area contributed by atoms with Gasteiger partial charge >= 0.3 is 7.52 Å². The highest BCUT2D eigenvalue weighted by molar-refractivity contribution is 8.14. The molecule has 3 N–H and O–H groups in total. The van der Waals surface area contributed by atoms with Crippen LogP contribution in [0.1, 0.15) is 33.6 Å². The Bertz CT molecular complexity index is 1200. The number of hydrogen-bond donors (Lipinski definition) is 2. The molecule has 0 spiro atoms. The molecule has 2 heterocycles. The molecule has 2 unspecified atom stereocenters. The van der Waals surface area contributed by atoms with Crippen molar-refractivity contribution < 1.29 is 18.6 Å². The summed E-state index contributed by atoms with van der Waals surface area (Å²) in [6.45, 7) is 6.19. The maximum Gasteiger partial charge on any atom is 0.342 e. The number of ether oxygens (including phenoxy) is 1. The van der Waals surface area contributed by atoms with Gasteiger partial charge in [0.25, 0.3) is 0 Å². The van der Waals surface area contributed by atoms with E-state index in [0.717, 1.165) is 0 Å². The molecule has 1 fully saturated rings. The Hall–Kier alpha value is -2.46. The molecule has 1 aliphatic carbocycles. The first-order valence-corrected chi connectivity index (χ1v) is 13.8. The van der Waals surface area contributed by atoms with Crippen molar-refractivity contribution in [2.75, 3.05) is 12.1 Å². The fraction of sp³-hybridized carbons (Fsp3) is 0.455. The van der Waals surface area contributed by atoms with Gasteiger partial charge in [0, 0.05) is 5.25 Å². The summed E-state index contributed by atoms with van der Waals surface area (Å²) in [5, 5.41) is 3.19. The second kappa shape index (κ2) is 10.0. The fourth-order valence-corrected chi connectivity index (χ4v) is 6.50. The Balaban J connectivity index is 1.47. The zero-order valence-electron chi connectivity index (χ0n) is 19.4. The molecule has 12 heteroatoms. The maximum atomic E-state index is 13.9. The van der Waals surface area contributed by atoms with Crippen molar-refractivity contribution in [3.8, 4) is 5.75 Å². The van der Waals surface area contributed by atoms with E-state index in [1.54, 1.807) is 35.2 Å². The van der Waals surface area contributed by atoms with Gasteiger partial charge in [-0.2, -0.15) is 0 Å². The van der Waals surface area contributed by atoms with E-state index in [0.29, 0.717) is 42.1 Å². The normalized spacial score (nSPS) is 17.4. The second-order valence-corrected chi connectivity index (χ2v) is 12.2. The number of nitrogen functional groups attached to an aromatic ring is 1. The zero-order chi connectivity index (χ0) is 24.3. The van der Waals surface area contributed by atoms with Crippen molar-refractivity contribution in [3.05, 3.63) is 43.0 Å². The number of rotatable bonds is 11. The van der Waals surface area contributed by atoms with Gasteiger partial charge in [-0.05, 0) is 31.9 Å². The van der Waals surface area contributed by atoms with Crippen LogP contribution in [-0.4, -0.2) is 47.9 Å². The third-order valence-electron chi connectivity index (χ3n) is 5.28. The number of imidazole rings is 1. The van der Waals surface area contributed by atoms with E-state index in [-0.39, 0.29) is 22.8 Å². The number of fused-ring (bicyclic) bond motifs is 1. The quantitative estimate of drug-likeness (QED) is 0.371. The van der Waals surface area contributed by atoms with Crippen molar-refractivity contribution in [3.63, 3.8) is 0 Å². The summed E-state index contributed by atoms with van der Waals surface area (Å²) in [4.78, 5) is 25.3. The molecule has 0 amide bonds. The van der Waals surface area contributed by atoms with Crippen LogP contribution in [0.25, 0.3) is 11.2 Å². The lowest BCUT2D eigenvalue weighted by atomic mass is 10.3. The number of carbonyl (C=O) groups is 1.